The number of hydrogen-bond donors (Lipinski definition) is 0. The van der Waals surface area contributed by atoms with Crippen LogP contribution in [0.15, 0.2) is 95.0 Å². The Labute approximate surface area is 194 Å². The third-order valence-corrected chi connectivity index (χ3v) is 7.27. The Kier molecular flexibility index (Phi) is 4.69. The number of para-hydroxylation sites is 2. The van der Waals surface area contributed by atoms with Crippen LogP contribution in [0.25, 0.3) is 21.8 Å². The summed E-state index contributed by atoms with van der Waals surface area (Å²) in [5, 5.41) is 1.84. The number of hydrogen-bond acceptors (Lipinski definition) is 2. The van der Waals surface area contributed by atoms with Gasteiger partial charge in [0.15, 0.2) is 12.4 Å². The Morgan fingerprint density at radius 1 is 0.909 bits per heavy atom. The van der Waals surface area contributed by atoms with Gasteiger partial charge >= 0.3 is 0 Å². The Balaban J connectivity index is 1.40. The standard InChI is InChI=1S/C27H21FN3OS/c1-29-14-12-22-20(17-29)19-16-18(28)10-11-21(19)30(22)15-13-27(32)31-23-6-2-4-8-25(23)33-26-9-5-3-7-24(26)31/h2-12,14,16-17H,13,15H2,1H3/q+1. The highest BCUT2D eigenvalue weighted by atomic mass is 32.2. The van der Waals surface area contributed by atoms with Gasteiger partial charge in [-0.3, -0.25) is 9.69 Å². The molecule has 1 aliphatic heterocycles. The largest absolute Gasteiger partial charge is 0.340 e. The lowest BCUT2D eigenvalue weighted by Crippen LogP contribution is -2.29. The highest BCUT2D eigenvalue weighted by molar-refractivity contribution is 7.99. The average Bonchev–Trinajstić information content (AvgIpc) is 3.12. The van der Waals surface area contributed by atoms with E-state index in [0.717, 1.165) is 43.0 Å². The van der Waals surface area contributed by atoms with Crippen LogP contribution in [0, 0.1) is 5.82 Å². The molecule has 4 nitrogen and oxygen atoms in total. The summed E-state index contributed by atoms with van der Waals surface area (Å²) in [6.07, 6.45) is 4.30. The molecule has 3 aromatic carbocycles. The number of anilines is 2. The number of aryl methyl sites for hydroxylation is 2. The van der Waals surface area contributed by atoms with Crippen molar-refractivity contribution < 1.29 is 13.8 Å². The van der Waals surface area contributed by atoms with Crippen LogP contribution in [0.3, 0.4) is 0 Å². The van der Waals surface area contributed by atoms with Crippen molar-refractivity contribution >= 4 is 50.8 Å². The SMILES string of the molecule is C[n+]1ccc2c(c1)c1cc(F)ccc1n2CCC(=O)N1c2ccccc2Sc2ccccc21. The molecule has 1 aliphatic rings. The van der Waals surface area contributed by atoms with E-state index in [1.807, 2.05) is 71.4 Å². The van der Waals surface area contributed by atoms with E-state index in [4.69, 9.17) is 0 Å². The Morgan fingerprint density at radius 2 is 1.58 bits per heavy atom. The molecule has 6 rings (SSSR count). The molecule has 162 valence electrons. The third-order valence-electron chi connectivity index (χ3n) is 6.14. The molecular weight excluding hydrogens is 433 g/mol. The van der Waals surface area contributed by atoms with E-state index in [9.17, 15) is 9.18 Å². The van der Waals surface area contributed by atoms with Gasteiger partial charge in [-0.2, -0.15) is 0 Å². The number of halogens is 1. The van der Waals surface area contributed by atoms with Crippen molar-refractivity contribution in [2.75, 3.05) is 4.90 Å². The van der Waals surface area contributed by atoms with E-state index < -0.39 is 0 Å². The lowest BCUT2D eigenvalue weighted by Gasteiger charge is -2.31. The van der Waals surface area contributed by atoms with Crippen molar-refractivity contribution in [2.24, 2.45) is 7.05 Å². The van der Waals surface area contributed by atoms with E-state index in [2.05, 4.69) is 16.7 Å². The normalized spacial score (nSPS) is 12.7. The monoisotopic (exact) mass is 454 g/mol. The zero-order valence-electron chi connectivity index (χ0n) is 18.0. The molecule has 0 spiro atoms. The fraction of sp³-hybridized carbons (Fsp3) is 0.111. The minimum atomic E-state index is -0.261. The summed E-state index contributed by atoms with van der Waals surface area (Å²) in [5.41, 5.74) is 3.77. The highest BCUT2D eigenvalue weighted by Crippen LogP contribution is 2.48. The van der Waals surface area contributed by atoms with Crippen LogP contribution in [0.2, 0.25) is 0 Å². The molecule has 0 atom stereocenters. The quantitative estimate of drug-likeness (QED) is 0.314. The minimum absolute atomic E-state index is 0.0359. The van der Waals surface area contributed by atoms with Crippen LogP contribution in [0.1, 0.15) is 6.42 Å². The molecule has 0 aliphatic carbocycles. The van der Waals surface area contributed by atoms with Gasteiger partial charge in [0.1, 0.15) is 12.9 Å². The summed E-state index contributed by atoms with van der Waals surface area (Å²) in [6.45, 7) is 0.506. The summed E-state index contributed by atoms with van der Waals surface area (Å²) in [7, 11) is 1.95. The molecule has 5 aromatic rings. The van der Waals surface area contributed by atoms with Crippen molar-refractivity contribution in [1.29, 1.82) is 0 Å². The van der Waals surface area contributed by atoms with Gasteiger partial charge in [0.2, 0.25) is 5.91 Å². The average molecular weight is 455 g/mol. The van der Waals surface area contributed by atoms with Crippen molar-refractivity contribution in [2.45, 2.75) is 22.8 Å². The molecule has 0 saturated heterocycles. The Bertz CT molecular complexity index is 1450. The van der Waals surface area contributed by atoms with Crippen LogP contribution in [-0.4, -0.2) is 10.5 Å². The van der Waals surface area contributed by atoms with Crippen molar-refractivity contribution in [3.05, 3.63) is 91.0 Å². The van der Waals surface area contributed by atoms with Crippen LogP contribution < -0.4 is 9.47 Å². The Hall–Kier alpha value is -3.64. The van der Waals surface area contributed by atoms with E-state index in [-0.39, 0.29) is 11.7 Å². The van der Waals surface area contributed by atoms with Crippen molar-refractivity contribution in [3.63, 3.8) is 0 Å². The first-order valence-corrected chi connectivity index (χ1v) is 11.7. The molecule has 1 amide bonds. The number of pyridine rings is 1. The molecule has 6 heteroatoms. The minimum Gasteiger partial charge on any atom is -0.340 e. The second kappa shape index (κ2) is 7.74. The van der Waals surface area contributed by atoms with Gasteiger partial charge in [-0.25, -0.2) is 8.96 Å². The van der Waals surface area contributed by atoms with E-state index >= 15 is 0 Å². The van der Waals surface area contributed by atoms with Gasteiger partial charge in [0, 0.05) is 39.7 Å². The molecule has 0 fully saturated rings. The summed E-state index contributed by atoms with van der Waals surface area (Å²) < 4.78 is 18.1. The molecule has 0 radical (unpaired) electrons. The predicted octanol–water partition coefficient (Wildman–Crippen LogP) is 5.98. The van der Waals surface area contributed by atoms with E-state index in [1.54, 1.807) is 23.9 Å². The number of amides is 1. The lowest BCUT2D eigenvalue weighted by molar-refractivity contribution is -0.670. The smallest absolute Gasteiger partial charge is 0.233 e. The lowest BCUT2D eigenvalue weighted by atomic mass is 10.2. The number of nitrogens with zero attached hydrogens (tertiary/aromatic N) is 3. The fourth-order valence-corrected chi connectivity index (χ4v) is 5.71. The topological polar surface area (TPSA) is 29.1 Å². The number of carbonyl (C=O) groups is 1. The van der Waals surface area contributed by atoms with Crippen LogP contribution in [-0.2, 0) is 18.4 Å². The molecule has 0 bridgehead atoms. The van der Waals surface area contributed by atoms with Gasteiger partial charge in [-0.05, 0) is 42.5 Å². The summed E-state index contributed by atoms with van der Waals surface area (Å²) in [6, 6.07) is 22.9. The molecule has 0 saturated carbocycles. The maximum absolute atomic E-state index is 14.0. The zero-order chi connectivity index (χ0) is 22.5. The highest BCUT2D eigenvalue weighted by Gasteiger charge is 2.28. The van der Waals surface area contributed by atoms with Gasteiger partial charge in [0.25, 0.3) is 0 Å². The van der Waals surface area contributed by atoms with Crippen LogP contribution in [0.5, 0.6) is 0 Å². The van der Waals surface area contributed by atoms with E-state index in [0.29, 0.717) is 13.0 Å². The first-order valence-electron chi connectivity index (χ1n) is 10.9. The number of rotatable bonds is 3. The molecule has 3 heterocycles. The number of benzene rings is 3. The fourth-order valence-electron chi connectivity index (χ4n) is 4.66. The molecule has 0 unspecified atom stereocenters. The molecule has 0 N–H and O–H groups in total. The number of aromatic nitrogens is 2. The van der Waals surface area contributed by atoms with Gasteiger partial charge in [0.05, 0.1) is 22.3 Å². The van der Waals surface area contributed by atoms with Crippen molar-refractivity contribution in [3.8, 4) is 0 Å². The molecular formula is C27H21FN3OS+. The van der Waals surface area contributed by atoms with E-state index in [1.165, 1.54) is 6.07 Å². The number of fused-ring (bicyclic) bond motifs is 5. The molecule has 33 heavy (non-hydrogen) atoms. The Morgan fingerprint density at radius 3 is 2.30 bits per heavy atom. The van der Waals surface area contributed by atoms with Gasteiger partial charge in [-0.15, -0.1) is 0 Å². The zero-order valence-corrected chi connectivity index (χ0v) is 18.8. The summed E-state index contributed by atoms with van der Waals surface area (Å²) in [4.78, 5) is 17.6. The van der Waals surface area contributed by atoms with Gasteiger partial charge < -0.3 is 4.57 Å². The number of carbonyl (C=O) groups excluding carboxylic acids is 1. The third kappa shape index (κ3) is 3.29. The second-order valence-corrected chi connectivity index (χ2v) is 9.32. The molecule has 2 aromatic heterocycles. The van der Waals surface area contributed by atoms with Crippen LogP contribution >= 0.6 is 11.8 Å². The first-order chi connectivity index (χ1) is 16.1. The maximum Gasteiger partial charge on any atom is 0.233 e. The maximum atomic E-state index is 14.0. The second-order valence-electron chi connectivity index (χ2n) is 8.24. The van der Waals surface area contributed by atoms with Crippen LogP contribution in [0.4, 0.5) is 15.8 Å². The van der Waals surface area contributed by atoms with Crippen molar-refractivity contribution in [1.82, 2.24) is 4.57 Å². The predicted molar refractivity (Wildman–Crippen MR) is 129 cm³/mol. The summed E-state index contributed by atoms with van der Waals surface area (Å²) in [5.74, 6) is -0.225. The summed E-state index contributed by atoms with van der Waals surface area (Å²) >= 11 is 1.69. The first kappa shape index (κ1) is 20.0. The van der Waals surface area contributed by atoms with Gasteiger partial charge in [-0.1, -0.05) is 36.0 Å².